The summed E-state index contributed by atoms with van der Waals surface area (Å²) in [6.45, 7) is 0.746. The van der Waals surface area contributed by atoms with Crippen molar-refractivity contribution in [2.45, 2.75) is 25.8 Å². The van der Waals surface area contributed by atoms with Gasteiger partial charge in [-0.3, -0.25) is 9.36 Å². The standard InChI is InChI=1S/C15H12ClN3OS/c16-10-6-2-1-5-9(10)13-18-12-14(21-13)17-11-7-3-4-8-19(11)15(12)20/h1-2,5-6H,3-4,7-8H2. The van der Waals surface area contributed by atoms with Crippen LogP contribution in [0.15, 0.2) is 29.1 Å². The summed E-state index contributed by atoms with van der Waals surface area (Å²) in [6, 6.07) is 7.54. The Morgan fingerprint density at radius 2 is 2.05 bits per heavy atom. The Kier molecular flexibility index (Phi) is 3.05. The highest BCUT2D eigenvalue weighted by atomic mass is 35.5. The lowest BCUT2D eigenvalue weighted by molar-refractivity contribution is 0.501. The molecule has 0 radical (unpaired) electrons. The Labute approximate surface area is 130 Å². The molecule has 0 fully saturated rings. The monoisotopic (exact) mass is 317 g/mol. The molecule has 106 valence electrons. The van der Waals surface area contributed by atoms with Gasteiger partial charge in [-0.25, -0.2) is 9.97 Å². The zero-order valence-electron chi connectivity index (χ0n) is 11.2. The van der Waals surface area contributed by atoms with Crippen molar-refractivity contribution in [2.75, 3.05) is 0 Å². The average molecular weight is 318 g/mol. The van der Waals surface area contributed by atoms with Gasteiger partial charge in [-0.1, -0.05) is 41.1 Å². The molecule has 0 N–H and O–H groups in total. The number of rotatable bonds is 1. The summed E-state index contributed by atoms with van der Waals surface area (Å²) in [7, 11) is 0. The van der Waals surface area contributed by atoms with E-state index in [0.29, 0.717) is 15.4 Å². The molecule has 3 heterocycles. The van der Waals surface area contributed by atoms with Crippen LogP contribution in [0, 0.1) is 0 Å². The van der Waals surface area contributed by atoms with Crippen molar-refractivity contribution in [1.82, 2.24) is 14.5 Å². The first kappa shape index (κ1) is 13.0. The highest BCUT2D eigenvalue weighted by molar-refractivity contribution is 7.21. The third-order valence-electron chi connectivity index (χ3n) is 3.74. The minimum absolute atomic E-state index is 0.0238. The van der Waals surface area contributed by atoms with Crippen LogP contribution in [0.1, 0.15) is 18.7 Å². The molecule has 0 bridgehead atoms. The van der Waals surface area contributed by atoms with Crippen LogP contribution in [0.4, 0.5) is 0 Å². The predicted octanol–water partition coefficient (Wildman–Crippen LogP) is 3.51. The molecule has 1 aliphatic heterocycles. The van der Waals surface area contributed by atoms with Gasteiger partial charge in [0, 0.05) is 18.5 Å². The first-order chi connectivity index (χ1) is 10.2. The van der Waals surface area contributed by atoms with E-state index >= 15 is 0 Å². The molecule has 4 rings (SSSR count). The molecular formula is C15H12ClN3OS. The molecule has 0 unspecified atom stereocenters. The van der Waals surface area contributed by atoms with Gasteiger partial charge in [-0.2, -0.15) is 0 Å². The highest BCUT2D eigenvalue weighted by Gasteiger charge is 2.18. The second kappa shape index (κ2) is 4.93. The number of hydrogen-bond donors (Lipinski definition) is 0. The second-order valence-corrected chi connectivity index (χ2v) is 6.48. The normalized spacial score (nSPS) is 14.3. The van der Waals surface area contributed by atoms with E-state index < -0.39 is 0 Å². The number of fused-ring (bicyclic) bond motifs is 2. The van der Waals surface area contributed by atoms with Crippen LogP contribution in [0.3, 0.4) is 0 Å². The quantitative estimate of drug-likeness (QED) is 0.690. The van der Waals surface area contributed by atoms with E-state index in [1.807, 2.05) is 24.3 Å². The number of aryl methyl sites for hydroxylation is 1. The highest BCUT2D eigenvalue weighted by Crippen LogP contribution is 2.32. The van der Waals surface area contributed by atoms with Crippen molar-refractivity contribution < 1.29 is 0 Å². The molecule has 6 heteroatoms. The van der Waals surface area contributed by atoms with Crippen molar-refractivity contribution in [3.63, 3.8) is 0 Å². The summed E-state index contributed by atoms with van der Waals surface area (Å²) in [4.78, 5) is 22.4. The molecule has 0 atom stereocenters. The molecule has 1 aliphatic rings. The van der Waals surface area contributed by atoms with Crippen molar-refractivity contribution in [2.24, 2.45) is 0 Å². The Morgan fingerprint density at radius 1 is 1.19 bits per heavy atom. The third-order valence-corrected chi connectivity index (χ3v) is 5.05. The molecule has 0 spiro atoms. The van der Waals surface area contributed by atoms with Gasteiger partial charge >= 0.3 is 0 Å². The lowest BCUT2D eigenvalue weighted by atomic mass is 10.1. The fraction of sp³-hybridized carbons (Fsp3) is 0.267. The topological polar surface area (TPSA) is 47.8 Å². The number of nitrogens with zero attached hydrogens (tertiary/aromatic N) is 3. The van der Waals surface area contributed by atoms with Crippen molar-refractivity contribution in [3.05, 3.63) is 45.5 Å². The maximum absolute atomic E-state index is 12.5. The van der Waals surface area contributed by atoms with Gasteiger partial charge < -0.3 is 0 Å². The van der Waals surface area contributed by atoms with Gasteiger partial charge in [0.1, 0.15) is 10.8 Å². The number of hydrogen-bond acceptors (Lipinski definition) is 4. The van der Waals surface area contributed by atoms with E-state index in [1.54, 1.807) is 4.57 Å². The van der Waals surface area contributed by atoms with Gasteiger partial charge in [-0.05, 0) is 18.9 Å². The average Bonchev–Trinajstić information content (AvgIpc) is 2.92. The molecule has 3 aromatic rings. The summed E-state index contributed by atoms with van der Waals surface area (Å²) in [5.74, 6) is 0.883. The second-order valence-electron chi connectivity index (χ2n) is 5.09. The molecule has 0 aliphatic carbocycles. The van der Waals surface area contributed by atoms with Crippen molar-refractivity contribution in [3.8, 4) is 10.6 Å². The number of halogens is 1. The molecule has 21 heavy (non-hydrogen) atoms. The van der Waals surface area contributed by atoms with Gasteiger partial charge in [0.05, 0.1) is 5.02 Å². The van der Waals surface area contributed by atoms with Crippen LogP contribution >= 0.6 is 22.9 Å². The maximum Gasteiger partial charge on any atom is 0.280 e. The van der Waals surface area contributed by atoms with Crippen LogP contribution < -0.4 is 5.56 Å². The largest absolute Gasteiger partial charge is 0.295 e. The summed E-state index contributed by atoms with van der Waals surface area (Å²) < 4.78 is 1.77. The van der Waals surface area contributed by atoms with Gasteiger partial charge in [0.2, 0.25) is 0 Å². The van der Waals surface area contributed by atoms with Gasteiger partial charge in [-0.15, -0.1) is 0 Å². The van der Waals surface area contributed by atoms with Crippen LogP contribution in [0.2, 0.25) is 5.02 Å². The Hall–Kier alpha value is -1.72. The lowest BCUT2D eigenvalue weighted by Crippen LogP contribution is -2.28. The first-order valence-electron chi connectivity index (χ1n) is 6.89. The van der Waals surface area contributed by atoms with E-state index in [9.17, 15) is 4.79 Å². The lowest BCUT2D eigenvalue weighted by Gasteiger charge is -2.16. The van der Waals surface area contributed by atoms with Crippen LogP contribution in [-0.4, -0.2) is 14.5 Å². The molecular weight excluding hydrogens is 306 g/mol. The zero-order chi connectivity index (χ0) is 14.4. The van der Waals surface area contributed by atoms with Crippen molar-refractivity contribution in [1.29, 1.82) is 0 Å². The Bertz CT molecular complexity index is 900. The Morgan fingerprint density at radius 3 is 2.90 bits per heavy atom. The molecule has 0 amide bonds. The fourth-order valence-electron chi connectivity index (χ4n) is 2.67. The zero-order valence-corrected chi connectivity index (χ0v) is 12.7. The molecule has 4 nitrogen and oxygen atoms in total. The first-order valence-corrected chi connectivity index (χ1v) is 8.08. The number of aromatic nitrogens is 3. The summed E-state index contributed by atoms with van der Waals surface area (Å²) in [5, 5.41) is 1.39. The van der Waals surface area contributed by atoms with Gasteiger partial charge in [0.25, 0.3) is 5.56 Å². The number of thiazole rings is 1. The van der Waals surface area contributed by atoms with Crippen LogP contribution in [0.5, 0.6) is 0 Å². The van der Waals surface area contributed by atoms with E-state index in [1.165, 1.54) is 11.3 Å². The molecule has 0 saturated heterocycles. The molecule has 2 aromatic heterocycles. The van der Waals surface area contributed by atoms with Crippen LogP contribution in [0.25, 0.3) is 20.9 Å². The minimum Gasteiger partial charge on any atom is -0.295 e. The SMILES string of the molecule is O=c1c2nc(-c3ccccc3Cl)sc2nc2n1CCCC2. The molecule has 0 saturated carbocycles. The van der Waals surface area contributed by atoms with Crippen molar-refractivity contribution >= 4 is 33.3 Å². The van der Waals surface area contributed by atoms with E-state index in [-0.39, 0.29) is 5.56 Å². The van der Waals surface area contributed by atoms with E-state index in [0.717, 1.165) is 42.2 Å². The van der Waals surface area contributed by atoms with Gasteiger partial charge in [0.15, 0.2) is 10.3 Å². The summed E-state index contributed by atoms with van der Waals surface area (Å²) in [6.07, 6.45) is 2.99. The third kappa shape index (κ3) is 2.08. The van der Waals surface area contributed by atoms with Crippen LogP contribution in [-0.2, 0) is 13.0 Å². The smallest absolute Gasteiger partial charge is 0.280 e. The van der Waals surface area contributed by atoms with E-state index in [2.05, 4.69) is 9.97 Å². The summed E-state index contributed by atoms with van der Waals surface area (Å²) >= 11 is 7.65. The molecule has 1 aromatic carbocycles. The predicted molar refractivity (Wildman–Crippen MR) is 85.1 cm³/mol. The van der Waals surface area contributed by atoms with E-state index in [4.69, 9.17) is 11.6 Å². The maximum atomic E-state index is 12.5. The fourth-order valence-corrected chi connectivity index (χ4v) is 3.94. The Balaban J connectivity index is 1.97. The number of benzene rings is 1. The minimum atomic E-state index is -0.0238. The summed E-state index contributed by atoms with van der Waals surface area (Å²) in [5.41, 5.74) is 1.29.